The van der Waals surface area contributed by atoms with Crippen LogP contribution in [0.3, 0.4) is 0 Å². The molecule has 0 saturated carbocycles. The van der Waals surface area contributed by atoms with Crippen LogP contribution in [0.4, 0.5) is 4.79 Å². The number of likely N-dealkylation sites (tertiary alicyclic amines) is 2. The predicted molar refractivity (Wildman–Crippen MR) is 93.7 cm³/mol. The van der Waals surface area contributed by atoms with E-state index in [0.29, 0.717) is 11.5 Å². The minimum Gasteiger partial charge on any atom is -0.444 e. The van der Waals surface area contributed by atoms with Crippen LogP contribution in [0.2, 0.25) is 0 Å². The minimum absolute atomic E-state index is 0.168. The van der Waals surface area contributed by atoms with E-state index in [1.54, 1.807) is 0 Å². The van der Waals surface area contributed by atoms with Gasteiger partial charge in [0.2, 0.25) is 0 Å². The van der Waals surface area contributed by atoms with Crippen molar-refractivity contribution in [1.29, 1.82) is 0 Å². The summed E-state index contributed by atoms with van der Waals surface area (Å²) in [6, 6.07) is 0.533. The van der Waals surface area contributed by atoms with Crippen LogP contribution in [0, 0.1) is 5.41 Å². The molecule has 2 rings (SSSR count). The van der Waals surface area contributed by atoms with E-state index in [-0.39, 0.29) is 6.09 Å². The Kier molecular flexibility index (Phi) is 5.95. The van der Waals surface area contributed by atoms with Crippen molar-refractivity contribution >= 4 is 6.09 Å². The Morgan fingerprint density at radius 1 is 1.17 bits per heavy atom. The number of hydrogen-bond donors (Lipinski definition) is 1. The maximum Gasteiger partial charge on any atom is 0.410 e. The molecule has 0 radical (unpaired) electrons. The summed E-state index contributed by atoms with van der Waals surface area (Å²) in [4.78, 5) is 16.4. The zero-order valence-electron chi connectivity index (χ0n) is 15.7. The molecule has 0 aromatic carbocycles. The molecule has 134 valence electrons. The maximum atomic E-state index is 12.1. The Morgan fingerprint density at radius 2 is 1.74 bits per heavy atom. The molecular formula is C18H35N3O2. The van der Waals surface area contributed by atoms with Crippen LogP contribution in [0.5, 0.6) is 0 Å². The van der Waals surface area contributed by atoms with Crippen molar-refractivity contribution < 1.29 is 9.53 Å². The molecule has 1 N–H and O–H groups in total. The molecule has 0 spiro atoms. The van der Waals surface area contributed by atoms with Gasteiger partial charge in [0.05, 0.1) is 0 Å². The van der Waals surface area contributed by atoms with Crippen molar-refractivity contribution in [2.45, 2.75) is 65.0 Å². The van der Waals surface area contributed by atoms with E-state index in [2.05, 4.69) is 24.2 Å². The van der Waals surface area contributed by atoms with Gasteiger partial charge in [0, 0.05) is 25.7 Å². The van der Waals surface area contributed by atoms with Gasteiger partial charge in [0.25, 0.3) is 0 Å². The number of nitrogens with one attached hydrogen (secondary N) is 1. The number of nitrogens with zero attached hydrogens (tertiary/aromatic N) is 2. The Labute approximate surface area is 141 Å². The molecule has 0 aliphatic carbocycles. The molecule has 0 aromatic heterocycles. The highest BCUT2D eigenvalue weighted by atomic mass is 16.6. The summed E-state index contributed by atoms with van der Waals surface area (Å²) < 4.78 is 5.46. The lowest BCUT2D eigenvalue weighted by molar-refractivity contribution is 0.0193. The zero-order valence-corrected chi connectivity index (χ0v) is 15.7. The number of ether oxygens (including phenoxy) is 1. The summed E-state index contributed by atoms with van der Waals surface area (Å²) in [6.07, 6.45) is 4.42. The molecule has 0 aromatic rings. The first-order chi connectivity index (χ1) is 10.7. The summed E-state index contributed by atoms with van der Waals surface area (Å²) >= 11 is 0. The van der Waals surface area contributed by atoms with Crippen LogP contribution >= 0.6 is 0 Å². The van der Waals surface area contributed by atoms with Crippen molar-refractivity contribution in [1.82, 2.24) is 15.1 Å². The Bertz CT molecular complexity index is 390. The first kappa shape index (κ1) is 18.5. The smallest absolute Gasteiger partial charge is 0.410 e. The van der Waals surface area contributed by atoms with Crippen molar-refractivity contribution in [3.05, 3.63) is 0 Å². The molecule has 2 aliphatic rings. The van der Waals surface area contributed by atoms with E-state index >= 15 is 0 Å². The molecule has 2 fully saturated rings. The van der Waals surface area contributed by atoms with Gasteiger partial charge in [-0.15, -0.1) is 0 Å². The Balaban J connectivity index is 1.70. The summed E-state index contributed by atoms with van der Waals surface area (Å²) in [5.74, 6) is 0. The Morgan fingerprint density at radius 3 is 2.26 bits per heavy atom. The SMILES string of the molecule is CN1CCC(C)(CNC2CCN(C(=O)OC(C)(C)C)CC2)CC1. The van der Waals surface area contributed by atoms with Gasteiger partial charge in [-0.25, -0.2) is 4.79 Å². The standard InChI is InChI=1S/C18H35N3O2/c1-17(2,3)23-16(22)21-10-6-15(7-11-21)19-14-18(4)8-12-20(5)13-9-18/h15,19H,6-14H2,1-5H3. The van der Waals surface area contributed by atoms with Crippen LogP contribution in [-0.2, 0) is 4.74 Å². The van der Waals surface area contributed by atoms with Crippen molar-refractivity contribution in [2.75, 3.05) is 39.8 Å². The van der Waals surface area contributed by atoms with E-state index in [9.17, 15) is 4.79 Å². The van der Waals surface area contributed by atoms with Gasteiger partial charge in [-0.1, -0.05) is 6.92 Å². The molecule has 2 saturated heterocycles. The molecule has 0 bridgehead atoms. The molecular weight excluding hydrogens is 290 g/mol. The van der Waals surface area contributed by atoms with E-state index in [1.165, 1.54) is 25.9 Å². The number of piperidine rings is 2. The first-order valence-corrected chi connectivity index (χ1v) is 9.07. The summed E-state index contributed by atoms with van der Waals surface area (Å²) in [5, 5.41) is 3.76. The molecule has 5 heteroatoms. The molecule has 5 nitrogen and oxygen atoms in total. The number of rotatable bonds is 3. The normalized spacial score (nSPS) is 23.8. The Hall–Kier alpha value is -0.810. The van der Waals surface area contributed by atoms with Crippen LogP contribution in [0.15, 0.2) is 0 Å². The van der Waals surface area contributed by atoms with Crippen LogP contribution in [-0.4, -0.2) is 67.3 Å². The summed E-state index contributed by atoms with van der Waals surface area (Å²) in [6.45, 7) is 13.3. The fourth-order valence-corrected chi connectivity index (χ4v) is 3.32. The molecule has 2 aliphatic heterocycles. The topological polar surface area (TPSA) is 44.8 Å². The van der Waals surface area contributed by atoms with Crippen LogP contribution in [0.25, 0.3) is 0 Å². The van der Waals surface area contributed by atoms with Gasteiger partial charge in [-0.05, 0) is 72.0 Å². The van der Waals surface area contributed by atoms with Gasteiger partial charge >= 0.3 is 6.09 Å². The minimum atomic E-state index is -0.408. The molecule has 0 atom stereocenters. The molecule has 0 unspecified atom stereocenters. The van der Waals surface area contributed by atoms with Crippen LogP contribution in [0.1, 0.15) is 53.4 Å². The number of hydrogen-bond acceptors (Lipinski definition) is 4. The average molecular weight is 325 g/mol. The van der Waals surface area contributed by atoms with Gasteiger partial charge in [0.15, 0.2) is 0 Å². The number of carbonyl (C=O) groups excluding carboxylic acids is 1. The van der Waals surface area contributed by atoms with Crippen molar-refractivity contribution in [3.63, 3.8) is 0 Å². The lowest BCUT2D eigenvalue weighted by Crippen LogP contribution is -2.49. The monoisotopic (exact) mass is 325 g/mol. The molecule has 23 heavy (non-hydrogen) atoms. The summed E-state index contributed by atoms with van der Waals surface area (Å²) in [5.41, 5.74) is 0.0176. The highest BCUT2D eigenvalue weighted by Gasteiger charge is 2.31. The van der Waals surface area contributed by atoms with Gasteiger partial charge in [-0.3, -0.25) is 0 Å². The second kappa shape index (κ2) is 7.39. The van der Waals surface area contributed by atoms with E-state index < -0.39 is 5.60 Å². The van der Waals surface area contributed by atoms with Gasteiger partial charge < -0.3 is 19.9 Å². The van der Waals surface area contributed by atoms with E-state index in [0.717, 1.165) is 32.5 Å². The average Bonchev–Trinajstić information content (AvgIpc) is 2.47. The third-order valence-electron chi connectivity index (χ3n) is 5.16. The lowest BCUT2D eigenvalue weighted by atomic mass is 9.80. The van der Waals surface area contributed by atoms with Gasteiger partial charge in [0.1, 0.15) is 5.60 Å². The van der Waals surface area contributed by atoms with E-state index in [1.807, 2.05) is 25.7 Å². The first-order valence-electron chi connectivity index (χ1n) is 9.07. The molecule has 1 amide bonds. The second-order valence-electron chi connectivity index (χ2n) is 8.74. The zero-order chi connectivity index (χ0) is 17.1. The van der Waals surface area contributed by atoms with Gasteiger partial charge in [-0.2, -0.15) is 0 Å². The highest BCUT2D eigenvalue weighted by Crippen LogP contribution is 2.30. The van der Waals surface area contributed by atoms with Crippen molar-refractivity contribution in [2.24, 2.45) is 5.41 Å². The summed E-state index contributed by atoms with van der Waals surface area (Å²) in [7, 11) is 2.21. The third kappa shape index (κ3) is 5.96. The predicted octanol–water partition coefficient (Wildman–Crippen LogP) is 2.71. The quantitative estimate of drug-likeness (QED) is 0.866. The maximum absolute atomic E-state index is 12.1. The molecule has 2 heterocycles. The van der Waals surface area contributed by atoms with E-state index in [4.69, 9.17) is 4.74 Å². The third-order valence-corrected chi connectivity index (χ3v) is 5.16. The van der Waals surface area contributed by atoms with Crippen LogP contribution < -0.4 is 5.32 Å². The fraction of sp³-hybridized carbons (Fsp3) is 0.944. The largest absolute Gasteiger partial charge is 0.444 e. The van der Waals surface area contributed by atoms with Crippen molar-refractivity contribution in [3.8, 4) is 0 Å². The lowest BCUT2D eigenvalue weighted by Gasteiger charge is -2.40. The number of amides is 1. The second-order valence-corrected chi connectivity index (χ2v) is 8.74. The highest BCUT2D eigenvalue weighted by molar-refractivity contribution is 5.68. The fourth-order valence-electron chi connectivity index (χ4n) is 3.32. The number of carbonyl (C=O) groups is 1.